The molecule has 156 valence electrons. The standard InChI is InChI=1S/C22H27F2N3O2/c1-26-11-9-19(10-12-26)27(15-17-5-6-18(23)13-21(17)24)22(28)25-14-16-3-7-20(29-2)8-4-16/h3-8,13,19H,9-12,14-15H2,1-2H3,(H,25,28). The van der Waals surface area contributed by atoms with E-state index < -0.39 is 11.6 Å². The number of amides is 2. The monoisotopic (exact) mass is 403 g/mol. The summed E-state index contributed by atoms with van der Waals surface area (Å²) in [6.45, 7) is 2.21. The summed E-state index contributed by atoms with van der Waals surface area (Å²) in [5.74, 6) is -0.508. The molecule has 29 heavy (non-hydrogen) atoms. The van der Waals surface area contributed by atoms with Crippen molar-refractivity contribution in [2.24, 2.45) is 0 Å². The Balaban J connectivity index is 1.71. The van der Waals surface area contributed by atoms with E-state index in [-0.39, 0.29) is 18.6 Å². The maximum Gasteiger partial charge on any atom is 0.318 e. The number of urea groups is 1. The van der Waals surface area contributed by atoms with Crippen molar-refractivity contribution in [2.45, 2.75) is 32.0 Å². The first-order valence-electron chi connectivity index (χ1n) is 9.76. The molecule has 0 aromatic heterocycles. The van der Waals surface area contributed by atoms with Gasteiger partial charge in [0.05, 0.1) is 13.7 Å². The van der Waals surface area contributed by atoms with Crippen LogP contribution in [0.4, 0.5) is 13.6 Å². The molecule has 2 amide bonds. The van der Waals surface area contributed by atoms with Gasteiger partial charge in [0.25, 0.3) is 0 Å². The number of carbonyl (C=O) groups excluding carboxylic acids is 1. The second-order valence-electron chi connectivity index (χ2n) is 7.40. The van der Waals surface area contributed by atoms with Gasteiger partial charge < -0.3 is 19.9 Å². The molecular weight excluding hydrogens is 376 g/mol. The minimum Gasteiger partial charge on any atom is -0.497 e. The van der Waals surface area contributed by atoms with E-state index in [1.807, 2.05) is 31.3 Å². The first-order chi connectivity index (χ1) is 14.0. The van der Waals surface area contributed by atoms with E-state index in [1.54, 1.807) is 12.0 Å². The number of hydrogen-bond acceptors (Lipinski definition) is 3. The Kier molecular flexibility index (Phi) is 7.04. The normalized spacial score (nSPS) is 15.2. The smallest absolute Gasteiger partial charge is 0.318 e. The zero-order valence-corrected chi connectivity index (χ0v) is 16.8. The van der Waals surface area contributed by atoms with Gasteiger partial charge in [0.2, 0.25) is 0 Å². The SMILES string of the molecule is COc1ccc(CNC(=O)N(Cc2ccc(F)cc2F)C2CCN(C)CC2)cc1. The van der Waals surface area contributed by atoms with Crippen LogP contribution in [0, 0.1) is 11.6 Å². The zero-order chi connectivity index (χ0) is 20.8. The Morgan fingerprint density at radius 2 is 1.86 bits per heavy atom. The predicted molar refractivity (Wildman–Crippen MR) is 108 cm³/mol. The summed E-state index contributed by atoms with van der Waals surface area (Å²) in [6, 6.07) is 10.7. The van der Waals surface area contributed by atoms with E-state index in [0.29, 0.717) is 12.1 Å². The van der Waals surface area contributed by atoms with Crippen molar-refractivity contribution in [2.75, 3.05) is 27.2 Å². The van der Waals surface area contributed by atoms with Gasteiger partial charge in [-0.15, -0.1) is 0 Å². The molecule has 0 spiro atoms. The summed E-state index contributed by atoms with van der Waals surface area (Å²) in [7, 11) is 3.65. The molecule has 0 radical (unpaired) electrons. The van der Waals surface area contributed by atoms with E-state index in [4.69, 9.17) is 4.74 Å². The highest BCUT2D eigenvalue weighted by Crippen LogP contribution is 2.21. The van der Waals surface area contributed by atoms with E-state index in [9.17, 15) is 13.6 Å². The van der Waals surface area contributed by atoms with Crippen molar-refractivity contribution in [3.63, 3.8) is 0 Å². The summed E-state index contributed by atoms with van der Waals surface area (Å²) in [5.41, 5.74) is 1.25. The maximum absolute atomic E-state index is 14.2. The van der Waals surface area contributed by atoms with Crippen LogP contribution in [0.1, 0.15) is 24.0 Å². The average molecular weight is 403 g/mol. The van der Waals surface area contributed by atoms with Gasteiger partial charge in [0.15, 0.2) is 0 Å². The van der Waals surface area contributed by atoms with Gasteiger partial charge in [-0.05, 0) is 56.7 Å². The number of nitrogens with zero attached hydrogens (tertiary/aromatic N) is 2. The molecule has 3 rings (SSSR count). The molecule has 0 saturated carbocycles. The van der Waals surface area contributed by atoms with E-state index >= 15 is 0 Å². The largest absolute Gasteiger partial charge is 0.497 e. The molecular formula is C22H27F2N3O2. The van der Waals surface area contributed by atoms with Crippen molar-refractivity contribution in [3.8, 4) is 5.75 Å². The van der Waals surface area contributed by atoms with Crippen LogP contribution in [0.3, 0.4) is 0 Å². The second-order valence-corrected chi connectivity index (χ2v) is 7.40. The lowest BCUT2D eigenvalue weighted by atomic mass is 10.0. The Morgan fingerprint density at radius 3 is 2.48 bits per heavy atom. The van der Waals surface area contributed by atoms with E-state index in [2.05, 4.69) is 10.2 Å². The van der Waals surface area contributed by atoms with Crippen LogP contribution in [0.15, 0.2) is 42.5 Å². The Hall–Kier alpha value is -2.67. The number of methoxy groups -OCH3 is 1. The van der Waals surface area contributed by atoms with Gasteiger partial charge in [-0.2, -0.15) is 0 Å². The molecule has 7 heteroatoms. The number of likely N-dealkylation sites (tertiary alicyclic amines) is 1. The number of piperidine rings is 1. The van der Waals surface area contributed by atoms with E-state index in [1.165, 1.54) is 12.1 Å². The fraction of sp³-hybridized carbons (Fsp3) is 0.409. The maximum atomic E-state index is 14.2. The fourth-order valence-electron chi connectivity index (χ4n) is 3.53. The van der Waals surface area contributed by atoms with Crippen LogP contribution in [0.2, 0.25) is 0 Å². The van der Waals surface area contributed by atoms with Gasteiger partial charge >= 0.3 is 6.03 Å². The van der Waals surface area contributed by atoms with Gasteiger partial charge in [-0.25, -0.2) is 13.6 Å². The molecule has 0 bridgehead atoms. The van der Waals surface area contributed by atoms with Crippen molar-refractivity contribution in [1.82, 2.24) is 15.1 Å². The lowest BCUT2D eigenvalue weighted by Crippen LogP contribution is -2.49. The summed E-state index contributed by atoms with van der Waals surface area (Å²) in [4.78, 5) is 16.9. The number of halogens is 2. The van der Waals surface area contributed by atoms with Crippen LogP contribution in [0.5, 0.6) is 5.75 Å². The van der Waals surface area contributed by atoms with E-state index in [0.717, 1.165) is 43.3 Å². The van der Waals surface area contributed by atoms with Crippen LogP contribution < -0.4 is 10.1 Å². The molecule has 2 aromatic carbocycles. The van der Waals surface area contributed by atoms with Gasteiger partial charge in [-0.1, -0.05) is 18.2 Å². The van der Waals surface area contributed by atoms with Crippen molar-refractivity contribution in [1.29, 1.82) is 0 Å². The molecule has 1 heterocycles. The van der Waals surface area contributed by atoms with Crippen LogP contribution in [-0.4, -0.2) is 49.1 Å². The van der Waals surface area contributed by atoms with Crippen molar-refractivity contribution >= 4 is 6.03 Å². The third-order valence-corrected chi connectivity index (χ3v) is 5.35. The number of rotatable bonds is 6. The average Bonchev–Trinajstić information content (AvgIpc) is 2.73. The molecule has 1 aliphatic heterocycles. The molecule has 0 unspecified atom stereocenters. The zero-order valence-electron chi connectivity index (χ0n) is 16.8. The number of ether oxygens (including phenoxy) is 1. The van der Waals surface area contributed by atoms with Crippen LogP contribution >= 0.6 is 0 Å². The Labute approximate surface area is 170 Å². The molecule has 1 fully saturated rings. The minimum atomic E-state index is -0.633. The highest BCUT2D eigenvalue weighted by molar-refractivity contribution is 5.74. The predicted octanol–water partition coefficient (Wildman–Crippen LogP) is 3.78. The molecule has 1 aliphatic rings. The lowest BCUT2D eigenvalue weighted by molar-refractivity contribution is 0.126. The highest BCUT2D eigenvalue weighted by atomic mass is 19.1. The summed E-state index contributed by atoms with van der Waals surface area (Å²) in [6.07, 6.45) is 1.63. The number of carbonyl (C=O) groups is 1. The van der Waals surface area contributed by atoms with Gasteiger partial charge in [0, 0.05) is 24.2 Å². The summed E-state index contributed by atoms with van der Waals surface area (Å²) >= 11 is 0. The fourth-order valence-corrected chi connectivity index (χ4v) is 3.53. The molecule has 1 saturated heterocycles. The molecule has 0 atom stereocenters. The highest BCUT2D eigenvalue weighted by Gasteiger charge is 2.27. The molecule has 0 aliphatic carbocycles. The number of hydrogen-bond donors (Lipinski definition) is 1. The third kappa shape index (κ3) is 5.67. The molecule has 2 aromatic rings. The van der Waals surface area contributed by atoms with Gasteiger partial charge in [-0.3, -0.25) is 0 Å². The first kappa shape index (κ1) is 21.0. The Morgan fingerprint density at radius 1 is 1.17 bits per heavy atom. The number of benzene rings is 2. The third-order valence-electron chi connectivity index (χ3n) is 5.35. The van der Waals surface area contributed by atoms with Gasteiger partial charge in [0.1, 0.15) is 17.4 Å². The lowest BCUT2D eigenvalue weighted by Gasteiger charge is -2.37. The number of nitrogens with one attached hydrogen (secondary N) is 1. The quantitative estimate of drug-likeness (QED) is 0.799. The summed E-state index contributed by atoms with van der Waals surface area (Å²) < 4.78 is 32.6. The van der Waals surface area contributed by atoms with Crippen molar-refractivity contribution < 1.29 is 18.3 Å². The summed E-state index contributed by atoms with van der Waals surface area (Å²) in [5, 5.41) is 2.93. The minimum absolute atomic E-state index is 0.00604. The Bertz CT molecular complexity index is 821. The van der Waals surface area contributed by atoms with Crippen LogP contribution in [-0.2, 0) is 13.1 Å². The first-order valence-corrected chi connectivity index (χ1v) is 9.76. The molecule has 1 N–H and O–H groups in total. The topological polar surface area (TPSA) is 44.8 Å². The van der Waals surface area contributed by atoms with Crippen LogP contribution in [0.25, 0.3) is 0 Å². The molecule has 5 nitrogen and oxygen atoms in total. The van der Waals surface area contributed by atoms with Crippen molar-refractivity contribution in [3.05, 3.63) is 65.2 Å². The second kappa shape index (κ2) is 9.69.